The van der Waals surface area contributed by atoms with Gasteiger partial charge >= 0.3 is 0 Å². The third-order valence-electron chi connectivity index (χ3n) is 3.20. The number of amides is 1. The number of benzene rings is 1. The molecule has 1 aromatic carbocycles. The molecule has 106 valence electrons. The summed E-state index contributed by atoms with van der Waals surface area (Å²) >= 11 is 1.76. The lowest BCUT2D eigenvalue weighted by Gasteiger charge is -2.27. The number of carbonyl (C=O) groups is 1. The molecule has 19 heavy (non-hydrogen) atoms. The van der Waals surface area contributed by atoms with Crippen LogP contribution in [0.4, 0.5) is 0 Å². The summed E-state index contributed by atoms with van der Waals surface area (Å²) in [6.45, 7) is 6.86. The van der Waals surface area contributed by atoms with Gasteiger partial charge in [0.1, 0.15) is 0 Å². The first-order valence-electron chi connectivity index (χ1n) is 6.72. The molecule has 0 bridgehead atoms. The Hall–Kier alpha value is -1.00. The van der Waals surface area contributed by atoms with E-state index in [0.717, 1.165) is 25.1 Å². The summed E-state index contributed by atoms with van der Waals surface area (Å²) in [4.78, 5) is 12.8. The molecule has 1 amide bonds. The lowest BCUT2D eigenvalue weighted by Crippen LogP contribution is -2.53. The second kappa shape index (κ2) is 7.56. The summed E-state index contributed by atoms with van der Waals surface area (Å²) in [7, 11) is 0. The summed E-state index contributed by atoms with van der Waals surface area (Å²) in [5, 5.41) is 3.25. The van der Waals surface area contributed by atoms with Crippen molar-refractivity contribution in [2.45, 2.75) is 44.0 Å². The molecular weight excluding hydrogens is 256 g/mol. The molecule has 0 fully saturated rings. The predicted octanol–water partition coefficient (Wildman–Crippen LogP) is 2.72. The van der Waals surface area contributed by atoms with Crippen LogP contribution in [0.2, 0.25) is 0 Å². The molecule has 0 aliphatic carbocycles. The van der Waals surface area contributed by atoms with Gasteiger partial charge in [-0.1, -0.05) is 24.6 Å². The zero-order valence-corrected chi connectivity index (χ0v) is 12.8. The van der Waals surface area contributed by atoms with E-state index in [1.807, 2.05) is 6.92 Å². The number of rotatable bonds is 8. The van der Waals surface area contributed by atoms with E-state index in [-0.39, 0.29) is 5.91 Å². The maximum atomic E-state index is 11.6. The molecule has 1 atom stereocenters. The zero-order chi connectivity index (χ0) is 14.3. The van der Waals surface area contributed by atoms with Crippen LogP contribution in [0.1, 0.15) is 32.3 Å². The van der Waals surface area contributed by atoms with Gasteiger partial charge in [-0.25, -0.2) is 0 Å². The highest BCUT2D eigenvalue weighted by Gasteiger charge is 2.29. The molecule has 0 saturated carbocycles. The van der Waals surface area contributed by atoms with Crippen molar-refractivity contribution in [2.24, 2.45) is 5.73 Å². The number of aryl methyl sites for hydroxylation is 1. The maximum absolute atomic E-state index is 11.6. The van der Waals surface area contributed by atoms with E-state index in [0.29, 0.717) is 0 Å². The molecule has 0 saturated heterocycles. The van der Waals surface area contributed by atoms with Gasteiger partial charge in [-0.15, -0.1) is 11.8 Å². The van der Waals surface area contributed by atoms with Crippen LogP contribution in [0.3, 0.4) is 0 Å². The molecule has 1 aromatic rings. The summed E-state index contributed by atoms with van der Waals surface area (Å²) in [6, 6.07) is 8.43. The minimum absolute atomic E-state index is 0.273. The van der Waals surface area contributed by atoms with Crippen LogP contribution in [0.25, 0.3) is 0 Å². The number of hydrogen-bond donors (Lipinski definition) is 2. The lowest BCUT2D eigenvalue weighted by molar-refractivity contribution is -0.123. The molecule has 4 heteroatoms. The maximum Gasteiger partial charge on any atom is 0.237 e. The van der Waals surface area contributed by atoms with E-state index in [2.05, 4.69) is 43.4 Å². The standard InChI is InChI=1S/C15H24N2OS/c1-4-10-17-15(3,14(16)18)9-11-19-13-7-5-12(2)6-8-13/h5-8,17H,4,9-11H2,1-3H3,(H2,16,18). The van der Waals surface area contributed by atoms with Gasteiger partial charge < -0.3 is 11.1 Å². The van der Waals surface area contributed by atoms with Crippen LogP contribution in [0, 0.1) is 6.92 Å². The Morgan fingerprint density at radius 1 is 1.37 bits per heavy atom. The number of carbonyl (C=O) groups excluding carboxylic acids is 1. The van der Waals surface area contributed by atoms with E-state index >= 15 is 0 Å². The fourth-order valence-corrected chi connectivity index (χ4v) is 2.78. The number of nitrogens with one attached hydrogen (secondary N) is 1. The van der Waals surface area contributed by atoms with Crippen molar-refractivity contribution in [1.82, 2.24) is 5.32 Å². The predicted molar refractivity (Wildman–Crippen MR) is 82.4 cm³/mol. The van der Waals surface area contributed by atoms with E-state index in [1.54, 1.807) is 11.8 Å². The fraction of sp³-hybridized carbons (Fsp3) is 0.533. The first kappa shape index (κ1) is 16.1. The average Bonchev–Trinajstić information content (AvgIpc) is 2.38. The molecule has 0 heterocycles. The van der Waals surface area contributed by atoms with Crippen molar-refractivity contribution in [2.75, 3.05) is 12.3 Å². The number of nitrogens with two attached hydrogens (primary N) is 1. The normalized spacial score (nSPS) is 14.1. The highest BCUT2D eigenvalue weighted by atomic mass is 32.2. The van der Waals surface area contributed by atoms with E-state index < -0.39 is 5.54 Å². The largest absolute Gasteiger partial charge is 0.368 e. The van der Waals surface area contributed by atoms with Crippen molar-refractivity contribution in [3.05, 3.63) is 29.8 Å². The van der Waals surface area contributed by atoms with Crippen molar-refractivity contribution in [1.29, 1.82) is 0 Å². The van der Waals surface area contributed by atoms with E-state index in [9.17, 15) is 4.79 Å². The molecule has 0 radical (unpaired) electrons. The Bertz CT molecular complexity index is 405. The van der Waals surface area contributed by atoms with E-state index in [1.165, 1.54) is 10.5 Å². The van der Waals surface area contributed by atoms with Gasteiger partial charge in [0.2, 0.25) is 5.91 Å². The number of primary amides is 1. The average molecular weight is 280 g/mol. The van der Waals surface area contributed by atoms with Crippen LogP contribution < -0.4 is 11.1 Å². The first-order chi connectivity index (χ1) is 8.98. The summed E-state index contributed by atoms with van der Waals surface area (Å²) in [5.74, 6) is 0.601. The number of hydrogen-bond acceptors (Lipinski definition) is 3. The first-order valence-corrected chi connectivity index (χ1v) is 7.71. The summed E-state index contributed by atoms with van der Waals surface area (Å²) in [6.07, 6.45) is 1.73. The Morgan fingerprint density at radius 3 is 2.53 bits per heavy atom. The van der Waals surface area contributed by atoms with Crippen molar-refractivity contribution >= 4 is 17.7 Å². The zero-order valence-electron chi connectivity index (χ0n) is 12.0. The second-order valence-corrected chi connectivity index (χ2v) is 6.20. The van der Waals surface area contributed by atoms with Crippen molar-refractivity contribution in [3.63, 3.8) is 0 Å². The van der Waals surface area contributed by atoms with Gasteiger partial charge in [0, 0.05) is 10.6 Å². The summed E-state index contributed by atoms with van der Waals surface area (Å²) < 4.78 is 0. The highest BCUT2D eigenvalue weighted by molar-refractivity contribution is 7.99. The Balaban J connectivity index is 2.48. The number of thioether (sulfide) groups is 1. The van der Waals surface area contributed by atoms with Gasteiger partial charge in [-0.3, -0.25) is 4.79 Å². The molecule has 0 aliphatic rings. The molecule has 0 spiro atoms. The van der Waals surface area contributed by atoms with Crippen LogP contribution in [-0.2, 0) is 4.79 Å². The molecule has 3 nitrogen and oxygen atoms in total. The molecular formula is C15H24N2OS. The minimum atomic E-state index is -0.603. The summed E-state index contributed by atoms with van der Waals surface area (Å²) in [5.41, 5.74) is 6.16. The Kier molecular flexibility index (Phi) is 6.38. The Labute approximate surface area is 120 Å². The van der Waals surface area contributed by atoms with Gasteiger partial charge in [0.05, 0.1) is 5.54 Å². The van der Waals surface area contributed by atoms with Crippen LogP contribution in [0.5, 0.6) is 0 Å². The fourth-order valence-electron chi connectivity index (χ4n) is 1.71. The SMILES string of the molecule is CCCNC(C)(CCSc1ccc(C)cc1)C(N)=O. The molecule has 1 unspecified atom stereocenters. The van der Waals surface area contributed by atoms with Gasteiger partial charge in [0.25, 0.3) is 0 Å². The van der Waals surface area contributed by atoms with Crippen LogP contribution in [0.15, 0.2) is 29.2 Å². The van der Waals surface area contributed by atoms with Crippen LogP contribution >= 0.6 is 11.8 Å². The lowest BCUT2D eigenvalue weighted by atomic mass is 9.98. The third kappa shape index (κ3) is 5.25. The second-order valence-electron chi connectivity index (χ2n) is 5.03. The Morgan fingerprint density at radius 2 is 2.00 bits per heavy atom. The van der Waals surface area contributed by atoms with Gasteiger partial charge in [-0.05, 0) is 45.4 Å². The topological polar surface area (TPSA) is 55.1 Å². The molecule has 0 aliphatic heterocycles. The van der Waals surface area contributed by atoms with Gasteiger partial charge in [-0.2, -0.15) is 0 Å². The third-order valence-corrected chi connectivity index (χ3v) is 4.21. The van der Waals surface area contributed by atoms with Crippen molar-refractivity contribution in [3.8, 4) is 0 Å². The van der Waals surface area contributed by atoms with E-state index in [4.69, 9.17) is 5.73 Å². The minimum Gasteiger partial charge on any atom is -0.368 e. The smallest absolute Gasteiger partial charge is 0.237 e. The molecule has 3 N–H and O–H groups in total. The molecule has 0 aromatic heterocycles. The van der Waals surface area contributed by atoms with Crippen molar-refractivity contribution < 1.29 is 4.79 Å². The van der Waals surface area contributed by atoms with Crippen LogP contribution in [-0.4, -0.2) is 23.7 Å². The van der Waals surface area contributed by atoms with Gasteiger partial charge in [0.15, 0.2) is 0 Å². The molecule has 1 rings (SSSR count). The monoisotopic (exact) mass is 280 g/mol. The highest BCUT2D eigenvalue weighted by Crippen LogP contribution is 2.22. The quantitative estimate of drug-likeness (QED) is 0.720.